The van der Waals surface area contributed by atoms with E-state index in [2.05, 4.69) is 5.32 Å². The number of halogens is 2. The van der Waals surface area contributed by atoms with E-state index in [0.29, 0.717) is 17.0 Å². The molecule has 1 aromatic carbocycles. The number of hydrogen-bond donors (Lipinski definition) is 1. The van der Waals surface area contributed by atoms with Gasteiger partial charge < -0.3 is 9.73 Å². The summed E-state index contributed by atoms with van der Waals surface area (Å²) in [5, 5.41) is 3.88. The fourth-order valence-electron chi connectivity index (χ4n) is 2.78. The number of nitrogens with one attached hydrogen (secondary N) is 1. The summed E-state index contributed by atoms with van der Waals surface area (Å²) in [4.78, 5) is 0. The number of furan rings is 1. The van der Waals surface area contributed by atoms with Crippen LogP contribution < -0.4 is 5.32 Å². The van der Waals surface area contributed by atoms with Crippen LogP contribution in [0.15, 0.2) is 22.6 Å². The van der Waals surface area contributed by atoms with Gasteiger partial charge in [0.05, 0.1) is 0 Å². The van der Waals surface area contributed by atoms with Crippen molar-refractivity contribution in [1.82, 2.24) is 5.32 Å². The molecule has 0 aliphatic heterocycles. The molecule has 1 unspecified atom stereocenters. The van der Waals surface area contributed by atoms with E-state index in [-0.39, 0.29) is 11.9 Å². The standard InChI is InChI=1S/C17H21ClFNO/c1-5-20-16(17-10(2)11(3)21-12(17)4)9-13-14(18)7-6-8-15(13)19/h6-8,16,20H,5,9H2,1-4H3. The first-order chi connectivity index (χ1) is 9.95. The normalized spacial score (nSPS) is 12.7. The molecule has 0 saturated carbocycles. The second-order valence-electron chi connectivity index (χ2n) is 5.27. The molecule has 2 rings (SSSR count). The zero-order chi connectivity index (χ0) is 15.6. The minimum atomic E-state index is -0.263. The Morgan fingerprint density at radius 1 is 1.24 bits per heavy atom. The molecule has 0 aliphatic carbocycles. The van der Waals surface area contributed by atoms with Crippen molar-refractivity contribution in [1.29, 1.82) is 0 Å². The molecule has 2 aromatic rings. The van der Waals surface area contributed by atoms with E-state index in [4.69, 9.17) is 16.0 Å². The van der Waals surface area contributed by atoms with Crippen molar-refractivity contribution >= 4 is 11.6 Å². The zero-order valence-corrected chi connectivity index (χ0v) is 13.6. The van der Waals surface area contributed by atoms with Crippen LogP contribution in [0.3, 0.4) is 0 Å². The van der Waals surface area contributed by atoms with Gasteiger partial charge in [0, 0.05) is 22.2 Å². The van der Waals surface area contributed by atoms with Gasteiger partial charge in [-0.2, -0.15) is 0 Å². The fourth-order valence-corrected chi connectivity index (χ4v) is 3.02. The maximum absolute atomic E-state index is 14.0. The maximum atomic E-state index is 14.0. The van der Waals surface area contributed by atoms with E-state index in [0.717, 1.165) is 29.2 Å². The lowest BCUT2D eigenvalue weighted by atomic mass is 9.95. The van der Waals surface area contributed by atoms with Crippen LogP contribution in [0.2, 0.25) is 5.02 Å². The summed E-state index contributed by atoms with van der Waals surface area (Å²) in [6, 6.07) is 4.79. The van der Waals surface area contributed by atoms with Crippen LogP contribution in [0.5, 0.6) is 0 Å². The van der Waals surface area contributed by atoms with Gasteiger partial charge in [-0.1, -0.05) is 24.6 Å². The highest BCUT2D eigenvalue weighted by molar-refractivity contribution is 6.31. The molecule has 0 radical (unpaired) electrons. The summed E-state index contributed by atoms with van der Waals surface area (Å²) in [6.45, 7) is 8.76. The lowest BCUT2D eigenvalue weighted by Crippen LogP contribution is -2.24. The third-order valence-corrected chi connectivity index (χ3v) is 4.24. The van der Waals surface area contributed by atoms with E-state index in [1.54, 1.807) is 12.1 Å². The third kappa shape index (κ3) is 3.30. The molecule has 1 atom stereocenters. The zero-order valence-electron chi connectivity index (χ0n) is 12.9. The van der Waals surface area contributed by atoms with Crippen molar-refractivity contribution in [2.45, 2.75) is 40.2 Å². The van der Waals surface area contributed by atoms with E-state index < -0.39 is 0 Å². The van der Waals surface area contributed by atoms with Crippen molar-refractivity contribution in [3.8, 4) is 0 Å². The molecule has 0 aliphatic rings. The molecular weight excluding hydrogens is 289 g/mol. The van der Waals surface area contributed by atoms with Gasteiger partial charge in [-0.25, -0.2) is 4.39 Å². The third-order valence-electron chi connectivity index (χ3n) is 3.89. The van der Waals surface area contributed by atoms with E-state index >= 15 is 0 Å². The maximum Gasteiger partial charge on any atom is 0.127 e. The molecule has 4 heteroatoms. The number of aryl methyl sites for hydroxylation is 2. The molecule has 1 N–H and O–H groups in total. The van der Waals surface area contributed by atoms with Gasteiger partial charge in [0.2, 0.25) is 0 Å². The van der Waals surface area contributed by atoms with Crippen LogP contribution in [-0.2, 0) is 6.42 Å². The summed E-state index contributed by atoms with van der Waals surface area (Å²) in [5.41, 5.74) is 2.77. The van der Waals surface area contributed by atoms with E-state index in [1.165, 1.54) is 6.07 Å². The molecule has 0 amide bonds. The van der Waals surface area contributed by atoms with Gasteiger partial charge in [-0.15, -0.1) is 0 Å². The van der Waals surface area contributed by atoms with Crippen LogP contribution in [0.1, 0.15) is 41.2 Å². The minimum Gasteiger partial charge on any atom is -0.466 e. The Bertz CT molecular complexity index is 616. The first-order valence-corrected chi connectivity index (χ1v) is 7.56. The summed E-state index contributed by atoms with van der Waals surface area (Å²) < 4.78 is 19.7. The number of likely N-dealkylation sites (N-methyl/N-ethyl adjacent to an activating group) is 1. The molecule has 0 bridgehead atoms. The molecule has 114 valence electrons. The van der Waals surface area contributed by atoms with E-state index in [1.807, 2.05) is 27.7 Å². The molecule has 0 fully saturated rings. The molecule has 21 heavy (non-hydrogen) atoms. The predicted molar refractivity (Wildman–Crippen MR) is 84.5 cm³/mol. The lowest BCUT2D eigenvalue weighted by Gasteiger charge is -2.20. The molecule has 1 aromatic heterocycles. The van der Waals surface area contributed by atoms with E-state index in [9.17, 15) is 4.39 Å². The van der Waals surface area contributed by atoms with Gasteiger partial charge in [0.15, 0.2) is 0 Å². The van der Waals surface area contributed by atoms with Gasteiger partial charge in [-0.05, 0) is 51.4 Å². The average molecular weight is 310 g/mol. The number of hydrogen-bond acceptors (Lipinski definition) is 2. The molecule has 1 heterocycles. The summed E-state index contributed by atoms with van der Waals surface area (Å²) in [7, 11) is 0. The summed E-state index contributed by atoms with van der Waals surface area (Å²) in [5.74, 6) is 1.52. The first-order valence-electron chi connectivity index (χ1n) is 7.18. The number of rotatable bonds is 5. The molecule has 2 nitrogen and oxygen atoms in total. The van der Waals surface area contributed by atoms with Gasteiger partial charge >= 0.3 is 0 Å². The Morgan fingerprint density at radius 3 is 2.48 bits per heavy atom. The average Bonchev–Trinajstić information content (AvgIpc) is 2.67. The Hall–Kier alpha value is -1.32. The highest BCUT2D eigenvalue weighted by Gasteiger charge is 2.22. The Kier molecular flexibility index (Phi) is 5.07. The molecule has 0 saturated heterocycles. The van der Waals surface area contributed by atoms with Crippen LogP contribution in [0, 0.1) is 26.6 Å². The quantitative estimate of drug-likeness (QED) is 0.850. The Labute approximate surface area is 130 Å². The van der Waals surface area contributed by atoms with Crippen LogP contribution in [0.25, 0.3) is 0 Å². The van der Waals surface area contributed by atoms with Gasteiger partial charge in [-0.3, -0.25) is 0 Å². The summed E-state index contributed by atoms with van der Waals surface area (Å²) >= 11 is 6.15. The predicted octanol–water partition coefficient (Wildman–Crippen LogP) is 4.89. The lowest BCUT2D eigenvalue weighted by molar-refractivity contribution is 0.481. The smallest absolute Gasteiger partial charge is 0.127 e. The SMILES string of the molecule is CCNC(Cc1c(F)cccc1Cl)c1c(C)oc(C)c1C. The van der Waals surface area contributed by atoms with Gasteiger partial charge in [0.25, 0.3) is 0 Å². The Morgan fingerprint density at radius 2 is 1.95 bits per heavy atom. The second kappa shape index (κ2) is 6.63. The van der Waals surface area contributed by atoms with Crippen LogP contribution in [-0.4, -0.2) is 6.54 Å². The van der Waals surface area contributed by atoms with Crippen molar-refractivity contribution in [2.75, 3.05) is 6.54 Å². The Balaban J connectivity index is 2.40. The highest BCUT2D eigenvalue weighted by Crippen LogP contribution is 2.31. The highest BCUT2D eigenvalue weighted by atomic mass is 35.5. The monoisotopic (exact) mass is 309 g/mol. The molecule has 0 spiro atoms. The van der Waals surface area contributed by atoms with Crippen molar-refractivity contribution in [3.63, 3.8) is 0 Å². The van der Waals surface area contributed by atoms with Crippen molar-refractivity contribution < 1.29 is 8.81 Å². The topological polar surface area (TPSA) is 25.2 Å². The fraction of sp³-hybridized carbons (Fsp3) is 0.412. The van der Waals surface area contributed by atoms with Crippen LogP contribution in [0.4, 0.5) is 4.39 Å². The van der Waals surface area contributed by atoms with Crippen LogP contribution >= 0.6 is 11.6 Å². The summed E-state index contributed by atoms with van der Waals surface area (Å²) in [6.07, 6.45) is 0.500. The minimum absolute atomic E-state index is 0.0122. The second-order valence-corrected chi connectivity index (χ2v) is 5.67. The van der Waals surface area contributed by atoms with Crippen molar-refractivity contribution in [3.05, 3.63) is 57.2 Å². The molecular formula is C17H21ClFNO. The first kappa shape index (κ1) is 16.1. The van der Waals surface area contributed by atoms with Gasteiger partial charge in [0.1, 0.15) is 17.3 Å². The van der Waals surface area contributed by atoms with Crippen molar-refractivity contribution in [2.24, 2.45) is 0 Å². The number of benzene rings is 1. The largest absolute Gasteiger partial charge is 0.466 e.